The fourth-order valence-corrected chi connectivity index (χ4v) is 8.70. The lowest BCUT2D eigenvalue weighted by Gasteiger charge is -2.14. The first-order chi connectivity index (χ1) is 27.2. The summed E-state index contributed by atoms with van der Waals surface area (Å²) >= 11 is 0. The molecular formula is C50H29N5. The highest BCUT2D eigenvalue weighted by Crippen LogP contribution is 2.39. The van der Waals surface area contributed by atoms with Gasteiger partial charge in [0.05, 0.1) is 56.0 Å². The minimum absolute atomic E-state index is 0.602. The van der Waals surface area contributed by atoms with Gasteiger partial charge in [0.15, 0.2) is 0 Å². The molecule has 3 aromatic heterocycles. The van der Waals surface area contributed by atoms with Crippen LogP contribution in [0.25, 0.3) is 93.6 Å². The van der Waals surface area contributed by atoms with Gasteiger partial charge in [-0.1, -0.05) is 91.0 Å². The van der Waals surface area contributed by atoms with Crippen LogP contribution in [-0.2, 0) is 0 Å². The van der Waals surface area contributed by atoms with E-state index < -0.39 is 0 Å². The molecular weight excluding hydrogens is 671 g/mol. The molecule has 3 heterocycles. The van der Waals surface area contributed by atoms with E-state index in [-0.39, 0.29) is 0 Å². The van der Waals surface area contributed by atoms with Gasteiger partial charge in [-0.2, -0.15) is 10.5 Å². The summed E-state index contributed by atoms with van der Waals surface area (Å²) in [5.74, 6) is 0. The van der Waals surface area contributed by atoms with E-state index in [1.165, 1.54) is 21.8 Å². The molecule has 254 valence electrons. The first-order valence-corrected chi connectivity index (χ1v) is 18.3. The highest BCUT2D eigenvalue weighted by atomic mass is 15.0. The molecule has 0 fully saturated rings. The predicted octanol–water partition coefficient (Wildman–Crippen LogP) is 12.4. The lowest BCUT2D eigenvalue weighted by atomic mass is 10.0. The van der Waals surface area contributed by atoms with Crippen molar-refractivity contribution in [2.75, 3.05) is 0 Å². The van der Waals surface area contributed by atoms with E-state index >= 15 is 0 Å². The highest BCUT2D eigenvalue weighted by molar-refractivity contribution is 6.13. The van der Waals surface area contributed by atoms with E-state index in [4.69, 9.17) is 0 Å². The minimum Gasteiger partial charge on any atom is -0.309 e. The van der Waals surface area contributed by atoms with Gasteiger partial charge < -0.3 is 13.7 Å². The molecule has 0 spiro atoms. The molecule has 11 aromatic rings. The molecule has 0 saturated carbocycles. The predicted molar refractivity (Wildman–Crippen MR) is 224 cm³/mol. The molecule has 5 heteroatoms. The Morgan fingerprint density at radius 2 is 0.818 bits per heavy atom. The zero-order valence-electron chi connectivity index (χ0n) is 29.5. The summed E-state index contributed by atoms with van der Waals surface area (Å²) in [6, 6.07) is 66.0. The van der Waals surface area contributed by atoms with Crippen molar-refractivity contribution in [3.63, 3.8) is 0 Å². The summed E-state index contributed by atoms with van der Waals surface area (Å²) < 4.78 is 6.86. The summed E-state index contributed by atoms with van der Waals surface area (Å²) in [5, 5.41) is 27.0. The fraction of sp³-hybridized carbons (Fsp3) is 0. The molecule has 0 N–H and O–H groups in total. The summed E-state index contributed by atoms with van der Waals surface area (Å²) in [5.41, 5.74) is 12.8. The molecule has 0 amide bonds. The summed E-state index contributed by atoms with van der Waals surface area (Å²) in [6.45, 7) is 0. The van der Waals surface area contributed by atoms with Crippen LogP contribution in [0.15, 0.2) is 176 Å². The van der Waals surface area contributed by atoms with E-state index in [0.717, 1.165) is 71.8 Å². The van der Waals surface area contributed by atoms with Gasteiger partial charge in [0.1, 0.15) is 6.07 Å². The molecule has 0 atom stereocenters. The third kappa shape index (κ3) is 4.51. The number of hydrogen-bond donors (Lipinski definition) is 0. The van der Waals surface area contributed by atoms with Crippen molar-refractivity contribution in [2.45, 2.75) is 0 Å². The van der Waals surface area contributed by atoms with E-state index in [0.29, 0.717) is 11.1 Å². The van der Waals surface area contributed by atoms with Crippen molar-refractivity contribution in [3.8, 4) is 40.3 Å². The Bertz CT molecular complexity index is 3420. The van der Waals surface area contributed by atoms with Gasteiger partial charge in [-0.3, -0.25) is 0 Å². The average Bonchev–Trinajstić information content (AvgIpc) is 3.88. The van der Waals surface area contributed by atoms with E-state index in [2.05, 4.69) is 165 Å². The van der Waals surface area contributed by atoms with Gasteiger partial charge in [0.2, 0.25) is 0 Å². The number of aromatic nitrogens is 3. The molecule has 0 aliphatic rings. The number of nitrogens with zero attached hydrogens (tertiary/aromatic N) is 5. The number of para-hydroxylation sites is 4. The molecule has 5 nitrogen and oxygen atoms in total. The molecule has 0 bridgehead atoms. The molecule has 0 unspecified atom stereocenters. The molecule has 0 radical (unpaired) electrons. The number of rotatable bonds is 4. The molecule has 0 aliphatic heterocycles. The zero-order chi connectivity index (χ0) is 36.6. The smallest absolute Gasteiger partial charge is 0.101 e. The van der Waals surface area contributed by atoms with Crippen LogP contribution in [0.5, 0.6) is 0 Å². The Morgan fingerprint density at radius 3 is 1.44 bits per heavy atom. The number of fused-ring (bicyclic) bond motifs is 9. The molecule has 0 saturated heterocycles. The van der Waals surface area contributed by atoms with Crippen molar-refractivity contribution in [2.24, 2.45) is 0 Å². The Morgan fingerprint density at radius 1 is 0.327 bits per heavy atom. The van der Waals surface area contributed by atoms with Crippen LogP contribution in [0.4, 0.5) is 0 Å². The van der Waals surface area contributed by atoms with Crippen molar-refractivity contribution >= 4 is 65.4 Å². The Balaban J connectivity index is 1.10. The van der Waals surface area contributed by atoms with Crippen molar-refractivity contribution in [1.82, 2.24) is 13.7 Å². The van der Waals surface area contributed by atoms with Crippen LogP contribution >= 0.6 is 0 Å². The summed E-state index contributed by atoms with van der Waals surface area (Å²) in [7, 11) is 0. The summed E-state index contributed by atoms with van der Waals surface area (Å²) in [6.07, 6.45) is 0. The first-order valence-electron chi connectivity index (χ1n) is 18.3. The van der Waals surface area contributed by atoms with Crippen LogP contribution in [0.1, 0.15) is 11.1 Å². The number of hydrogen-bond acceptors (Lipinski definition) is 2. The quantitative estimate of drug-likeness (QED) is 0.184. The van der Waals surface area contributed by atoms with Crippen LogP contribution in [0.3, 0.4) is 0 Å². The third-order valence-corrected chi connectivity index (χ3v) is 11.1. The van der Waals surface area contributed by atoms with Gasteiger partial charge in [0, 0.05) is 43.7 Å². The van der Waals surface area contributed by atoms with Crippen LogP contribution in [-0.4, -0.2) is 13.7 Å². The second-order valence-electron chi connectivity index (χ2n) is 14.0. The molecule has 8 aromatic carbocycles. The van der Waals surface area contributed by atoms with Gasteiger partial charge in [-0.15, -0.1) is 0 Å². The van der Waals surface area contributed by atoms with E-state index in [1.54, 1.807) is 0 Å². The maximum Gasteiger partial charge on any atom is 0.101 e. The van der Waals surface area contributed by atoms with Crippen LogP contribution in [0, 0.1) is 22.7 Å². The second-order valence-corrected chi connectivity index (χ2v) is 14.0. The van der Waals surface area contributed by atoms with Crippen molar-refractivity contribution in [3.05, 3.63) is 187 Å². The van der Waals surface area contributed by atoms with Crippen molar-refractivity contribution in [1.29, 1.82) is 10.5 Å². The number of benzene rings is 8. The van der Waals surface area contributed by atoms with E-state index in [1.807, 2.05) is 36.4 Å². The minimum atomic E-state index is 0.602. The average molecular weight is 700 g/mol. The maximum absolute atomic E-state index is 10.5. The van der Waals surface area contributed by atoms with Gasteiger partial charge in [-0.05, 0) is 96.1 Å². The van der Waals surface area contributed by atoms with Gasteiger partial charge in [0.25, 0.3) is 0 Å². The fourth-order valence-electron chi connectivity index (χ4n) is 8.70. The second kappa shape index (κ2) is 11.8. The summed E-state index contributed by atoms with van der Waals surface area (Å²) in [4.78, 5) is 0. The lowest BCUT2D eigenvalue weighted by molar-refractivity contribution is 1.16. The molecule has 55 heavy (non-hydrogen) atoms. The van der Waals surface area contributed by atoms with Gasteiger partial charge in [-0.25, -0.2) is 0 Å². The van der Waals surface area contributed by atoms with Crippen LogP contribution in [0.2, 0.25) is 0 Å². The normalized spacial score (nSPS) is 11.6. The van der Waals surface area contributed by atoms with Crippen molar-refractivity contribution < 1.29 is 0 Å². The molecule has 11 rings (SSSR count). The monoisotopic (exact) mass is 699 g/mol. The topological polar surface area (TPSA) is 62.4 Å². The highest BCUT2D eigenvalue weighted by Gasteiger charge is 2.19. The van der Waals surface area contributed by atoms with Crippen LogP contribution < -0.4 is 0 Å². The zero-order valence-corrected chi connectivity index (χ0v) is 29.5. The Hall–Kier alpha value is -7.86. The number of nitriles is 2. The largest absolute Gasteiger partial charge is 0.309 e. The third-order valence-electron chi connectivity index (χ3n) is 11.1. The first kappa shape index (κ1) is 30.7. The Kier molecular flexibility index (Phi) is 6.61. The Labute approximate surface area is 316 Å². The maximum atomic E-state index is 10.5. The standard InChI is InChI=1S/C50H29N5/c51-30-32-20-24-48-42(26-32)40-14-3-7-18-46(40)53(48)36-11-9-10-33(27-36)34-21-22-35(31-52)50(28-34)55-47-19-8-4-15-41(47)43-29-37(23-25-49(43)55)54-44-16-5-1-12-38(44)39-13-2-6-17-45(39)54/h1-29H. The van der Waals surface area contributed by atoms with Gasteiger partial charge >= 0.3 is 0 Å². The van der Waals surface area contributed by atoms with E-state index in [9.17, 15) is 10.5 Å². The lowest BCUT2D eigenvalue weighted by Crippen LogP contribution is -1.99. The SMILES string of the molecule is N#Cc1ccc2c(c1)c1ccccc1n2-c1cccc(-c2ccc(C#N)c(-n3c4ccccc4c4cc(-n5c6ccccc6c6ccccc65)ccc43)c2)c1. The molecule has 0 aliphatic carbocycles.